The van der Waals surface area contributed by atoms with E-state index in [4.69, 9.17) is 0 Å². The van der Waals surface area contributed by atoms with E-state index in [0.717, 1.165) is 17.7 Å². The van der Waals surface area contributed by atoms with Gasteiger partial charge in [0, 0.05) is 12.2 Å². The first-order valence-electron chi connectivity index (χ1n) is 6.87. The molecule has 0 radical (unpaired) electrons. The minimum Gasteiger partial charge on any atom is -0.344 e. The van der Waals surface area contributed by atoms with Crippen molar-refractivity contribution in [1.29, 1.82) is 0 Å². The fourth-order valence-corrected chi connectivity index (χ4v) is 2.93. The van der Waals surface area contributed by atoms with Crippen LogP contribution in [-0.2, 0) is 22.6 Å². The molecule has 0 aliphatic carbocycles. The van der Waals surface area contributed by atoms with Crippen LogP contribution in [0.5, 0.6) is 0 Å². The number of carbonyl (C=O) groups is 2. The molecule has 1 heterocycles. The third-order valence-electron chi connectivity index (χ3n) is 3.05. The molecule has 2 aromatic rings. The summed E-state index contributed by atoms with van der Waals surface area (Å²) in [5.41, 5.74) is 2.84. The van der Waals surface area contributed by atoms with E-state index < -0.39 is 11.8 Å². The molecule has 2 rings (SSSR count). The van der Waals surface area contributed by atoms with Crippen LogP contribution in [0.25, 0.3) is 0 Å². The summed E-state index contributed by atoms with van der Waals surface area (Å²) in [5, 5.41) is 9.07. The first-order valence-corrected chi connectivity index (χ1v) is 9.21. The van der Waals surface area contributed by atoms with Crippen molar-refractivity contribution in [2.75, 3.05) is 17.3 Å². The predicted octanol–water partition coefficient (Wildman–Crippen LogP) is 2.91. The lowest BCUT2D eigenvalue weighted by atomic mass is 10.1. The second-order valence-corrected chi connectivity index (χ2v) is 6.47. The van der Waals surface area contributed by atoms with Crippen LogP contribution in [0.4, 0.5) is 5.69 Å². The van der Waals surface area contributed by atoms with Gasteiger partial charge in [0.25, 0.3) is 0 Å². The van der Waals surface area contributed by atoms with Gasteiger partial charge < -0.3 is 10.6 Å². The van der Waals surface area contributed by atoms with E-state index in [-0.39, 0.29) is 0 Å². The molecule has 0 spiro atoms. The Bertz CT molecular complexity index is 610. The molecule has 0 saturated heterocycles. The smallest absolute Gasteiger partial charge is 0.313 e. The highest BCUT2D eigenvalue weighted by Crippen LogP contribution is 2.11. The van der Waals surface area contributed by atoms with Crippen LogP contribution in [0.15, 0.2) is 41.1 Å². The standard InChI is InChI=1S/C16H18N2O2S2/c1-21-8-6-12-2-4-14(5-3-12)18-16(20)15(19)17-10-13-7-9-22-11-13/h2-5,7,9,11H,6,8,10H2,1H3,(H,17,19)(H,18,20). The lowest BCUT2D eigenvalue weighted by Gasteiger charge is -2.07. The molecule has 2 amide bonds. The maximum absolute atomic E-state index is 11.8. The van der Waals surface area contributed by atoms with Gasteiger partial charge in [0.1, 0.15) is 0 Å². The second-order valence-electron chi connectivity index (χ2n) is 4.71. The first kappa shape index (κ1) is 16.6. The average molecular weight is 334 g/mol. The van der Waals surface area contributed by atoms with E-state index in [2.05, 4.69) is 16.9 Å². The fourth-order valence-electron chi connectivity index (χ4n) is 1.82. The number of amides is 2. The minimum absolute atomic E-state index is 0.364. The lowest BCUT2D eigenvalue weighted by Crippen LogP contribution is -2.34. The number of thiophene rings is 1. The SMILES string of the molecule is CSCCc1ccc(NC(=O)C(=O)NCc2ccsc2)cc1. The van der Waals surface area contributed by atoms with Crippen molar-refractivity contribution in [3.63, 3.8) is 0 Å². The van der Waals surface area contributed by atoms with Crippen LogP contribution in [0.3, 0.4) is 0 Å². The van der Waals surface area contributed by atoms with Crippen molar-refractivity contribution in [3.05, 3.63) is 52.2 Å². The van der Waals surface area contributed by atoms with E-state index in [1.165, 1.54) is 5.56 Å². The van der Waals surface area contributed by atoms with Crippen LogP contribution in [0.2, 0.25) is 0 Å². The summed E-state index contributed by atoms with van der Waals surface area (Å²) in [6.45, 7) is 0.364. The van der Waals surface area contributed by atoms with Gasteiger partial charge in [-0.2, -0.15) is 23.1 Å². The monoisotopic (exact) mass is 334 g/mol. The van der Waals surface area contributed by atoms with Gasteiger partial charge in [-0.15, -0.1) is 0 Å². The molecule has 0 saturated carbocycles. The Morgan fingerprint density at radius 2 is 1.86 bits per heavy atom. The molecule has 116 valence electrons. The summed E-state index contributed by atoms with van der Waals surface area (Å²) in [6, 6.07) is 9.49. The van der Waals surface area contributed by atoms with Gasteiger partial charge in [0.2, 0.25) is 0 Å². The Kier molecular flexibility index (Phi) is 6.48. The summed E-state index contributed by atoms with van der Waals surface area (Å²) in [5.74, 6) is -0.207. The third-order valence-corrected chi connectivity index (χ3v) is 4.39. The van der Waals surface area contributed by atoms with Crippen molar-refractivity contribution in [1.82, 2.24) is 5.32 Å². The molecule has 1 aromatic heterocycles. The number of hydrogen-bond donors (Lipinski definition) is 2. The fraction of sp³-hybridized carbons (Fsp3) is 0.250. The topological polar surface area (TPSA) is 58.2 Å². The zero-order valence-electron chi connectivity index (χ0n) is 12.3. The van der Waals surface area contributed by atoms with Crippen LogP contribution in [-0.4, -0.2) is 23.8 Å². The Labute approximate surface area is 138 Å². The van der Waals surface area contributed by atoms with Gasteiger partial charge in [-0.1, -0.05) is 12.1 Å². The third kappa shape index (κ3) is 5.20. The lowest BCUT2D eigenvalue weighted by molar-refractivity contribution is -0.136. The summed E-state index contributed by atoms with van der Waals surface area (Å²) in [4.78, 5) is 23.5. The molecule has 0 atom stereocenters. The molecule has 0 aliphatic rings. The van der Waals surface area contributed by atoms with Gasteiger partial charge in [0.15, 0.2) is 0 Å². The van der Waals surface area contributed by atoms with Crippen LogP contribution in [0, 0.1) is 0 Å². The number of carbonyl (C=O) groups excluding carboxylic acids is 2. The Balaban J connectivity index is 1.81. The number of anilines is 1. The Morgan fingerprint density at radius 3 is 2.50 bits per heavy atom. The number of aryl methyl sites for hydroxylation is 1. The highest BCUT2D eigenvalue weighted by Gasteiger charge is 2.13. The van der Waals surface area contributed by atoms with Crippen molar-refractivity contribution in [2.24, 2.45) is 0 Å². The molecule has 2 N–H and O–H groups in total. The zero-order chi connectivity index (χ0) is 15.8. The highest BCUT2D eigenvalue weighted by molar-refractivity contribution is 7.98. The van der Waals surface area contributed by atoms with Crippen molar-refractivity contribution in [3.8, 4) is 0 Å². The van der Waals surface area contributed by atoms with E-state index in [0.29, 0.717) is 12.2 Å². The summed E-state index contributed by atoms with van der Waals surface area (Å²) < 4.78 is 0. The largest absolute Gasteiger partial charge is 0.344 e. The van der Waals surface area contributed by atoms with E-state index in [1.54, 1.807) is 23.1 Å². The zero-order valence-corrected chi connectivity index (χ0v) is 13.9. The number of rotatable bonds is 6. The molecule has 22 heavy (non-hydrogen) atoms. The van der Waals surface area contributed by atoms with Crippen LogP contribution >= 0.6 is 23.1 Å². The predicted molar refractivity (Wildman–Crippen MR) is 93.3 cm³/mol. The van der Waals surface area contributed by atoms with E-state index in [9.17, 15) is 9.59 Å². The summed E-state index contributed by atoms with van der Waals surface area (Å²) in [7, 11) is 0. The molecule has 4 nitrogen and oxygen atoms in total. The minimum atomic E-state index is -0.646. The summed E-state index contributed by atoms with van der Waals surface area (Å²) in [6.07, 6.45) is 3.07. The summed E-state index contributed by atoms with van der Waals surface area (Å²) >= 11 is 3.35. The highest BCUT2D eigenvalue weighted by atomic mass is 32.2. The van der Waals surface area contributed by atoms with Gasteiger partial charge in [0.05, 0.1) is 0 Å². The molecule has 0 bridgehead atoms. The molecule has 1 aromatic carbocycles. The van der Waals surface area contributed by atoms with Gasteiger partial charge >= 0.3 is 11.8 Å². The Morgan fingerprint density at radius 1 is 1.09 bits per heavy atom. The van der Waals surface area contributed by atoms with Crippen molar-refractivity contribution < 1.29 is 9.59 Å². The maximum atomic E-state index is 11.8. The molecule has 0 aliphatic heterocycles. The molecule has 0 unspecified atom stereocenters. The molecular formula is C16H18N2O2S2. The molecular weight excluding hydrogens is 316 g/mol. The van der Waals surface area contributed by atoms with E-state index >= 15 is 0 Å². The normalized spacial score (nSPS) is 10.2. The average Bonchev–Trinajstić information content (AvgIpc) is 3.05. The number of benzene rings is 1. The number of thioether (sulfide) groups is 1. The quantitative estimate of drug-likeness (QED) is 0.799. The second kappa shape index (κ2) is 8.60. The van der Waals surface area contributed by atoms with Gasteiger partial charge in [-0.05, 0) is 58.5 Å². The maximum Gasteiger partial charge on any atom is 0.313 e. The number of hydrogen-bond acceptors (Lipinski definition) is 4. The van der Waals surface area contributed by atoms with Gasteiger partial charge in [-0.3, -0.25) is 9.59 Å². The van der Waals surface area contributed by atoms with Gasteiger partial charge in [-0.25, -0.2) is 0 Å². The van der Waals surface area contributed by atoms with Crippen LogP contribution in [0.1, 0.15) is 11.1 Å². The van der Waals surface area contributed by atoms with Crippen LogP contribution < -0.4 is 10.6 Å². The molecule has 0 fully saturated rings. The van der Waals surface area contributed by atoms with E-state index in [1.807, 2.05) is 41.1 Å². The first-order chi connectivity index (χ1) is 10.7. The number of nitrogens with one attached hydrogen (secondary N) is 2. The van der Waals surface area contributed by atoms with Crippen molar-refractivity contribution >= 4 is 40.6 Å². The Hall–Kier alpha value is -1.79. The van der Waals surface area contributed by atoms with Crippen molar-refractivity contribution in [2.45, 2.75) is 13.0 Å². The molecule has 6 heteroatoms.